The predicted molar refractivity (Wildman–Crippen MR) is 146 cm³/mol. The number of Topliss-reactive ketones (excluding diaryl/α,β-unsaturated/α-hetero) is 1. The average Bonchev–Trinajstić information content (AvgIpc) is 3.18. The van der Waals surface area contributed by atoms with Crippen LogP contribution >= 0.6 is 0 Å². The molecule has 1 saturated heterocycles. The molecular weight excluding hydrogens is 482 g/mol. The number of benzene rings is 3. The van der Waals surface area contributed by atoms with Crippen molar-refractivity contribution in [2.45, 2.75) is 39.3 Å². The lowest BCUT2D eigenvalue weighted by molar-refractivity contribution is -0.140. The molecule has 0 saturated carbocycles. The second-order valence-corrected chi connectivity index (χ2v) is 9.35. The molecule has 1 atom stereocenters. The van der Waals surface area contributed by atoms with E-state index in [-0.39, 0.29) is 23.8 Å². The second-order valence-electron chi connectivity index (χ2n) is 9.35. The summed E-state index contributed by atoms with van der Waals surface area (Å²) in [7, 11) is 3.16. The monoisotopic (exact) mass is 515 g/mol. The third kappa shape index (κ3) is 5.09. The number of methoxy groups -OCH3 is 2. The molecule has 4 rings (SSSR count). The fourth-order valence-corrected chi connectivity index (χ4v) is 4.81. The molecule has 7 nitrogen and oxygen atoms in total. The summed E-state index contributed by atoms with van der Waals surface area (Å²) in [5, 5.41) is 11.5. The lowest BCUT2D eigenvalue weighted by Crippen LogP contribution is -2.29. The van der Waals surface area contributed by atoms with Crippen molar-refractivity contribution >= 4 is 17.4 Å². The Labute approximate surface area is 223 Å². The first-order chi connectivity index (χ1) is 18.3. The first kappa shape index (κ1) is 26.8. The number of carbonyl (C=O) groups excluding carboxylic acids is 2. The summed E-state index contributed by atoms with van der Waals surface area (Å²) in [5.74, 6) is 0.441. The molecule has 3 aromatic carbocycles. The SMILES string of the molecule is CCOc1ccc(C2/C(=C(/O)c3ccc(OC)c(C(C)C)c3)C(=O)C(=O)N2Cc2ccccc2OC)cc1. The van der Waals surface area contributed by atoms with Gasteiger partial charge in [-0.25, -0.2) is 0 Å². The van der Waals surface area contributed by atoms with Crippen LogP contribution in [0.5, 0.6) is 17.2 Å². The molecule has 0 bridgehead atoms. The van der Waals surface area contributed by atoms with Gasteiger partial charge in [-0.1, -0.05) is 44.2 Å². The van der Waals surface area contributed by atoms with Gasteiger partial charge in [0, 0.05) is 11.1 Å². The minimum absolute atomic E-state index is 0.0360. The number of rotatable bonds is 9. The Morgan fingerprint density at radius 1 is 0.947 bits per heavy atom. The number of ketones is 1. The number of ether oxygens (including phenoxy) is 3. The molecule has 1 amide bonds. The topological polar surface area (TPSA) is 85.3 Å². The highest BCUT2D eigenvalue weighted by Gasteiger charge is 2.46. The first-order valence-corrected chi connectivity index (χ1v) is 12.6. The van der Waals surface area contributed by atoms with Gasteiger partial charge in [0.15, 0.2) is 0 Å². The van der Waals surface area contributed by atoms with Crippen molar-refractivity contribution in [3.05, 3.63) is 94.6 Å². The zero-order chi connectivity index (χ0) is 27.4. The van der Waals surface area contributed by atoms with Gasteiger partial charge in [-0.05, 0) is 60.4 Å². The van der Waals surface area contributed by atoms with Crippen LogP contribution in [0.25, 0.3) is 5.76 Å². The quantitative estimate of drug-likeness (QED) is 0.219. The number of amides is 1. The minimum atomic E-state index is -0.805. The maximum atomic E-state index is 13.5. The van der Waals surface area contributed by atoms with Gasteiger partial charge in [-0.2, -0.15) is 0 Å². The summed E-state index contributed by atoms with van der Waals surface area (Å²) in [5.41, 5.74) is 2.80. The van der Waals surface area contributed by atoms with Crippen LogP contribution in [0.1, 0.15) is 55.0 Å². The van der Waals surface area contributed by atoms with Gasteiger partial charge >= 0.3 is 0 Å². The molecule has 7 heteroatoms. The molecule has 1 unspecified atom stereocenters. The maximum absolute atomic E-state index is 13.5. The van der Waals surface area contributed by atoms with E-state index >= 15 is 0 Å². The van der Waals surface area contributed by atoms with Gasteiger partial charge in [0.1, 0.15) is 23.0 Å². The van der Waals surface area contributed by atoms with Crippen LogP contribution in [0.15, 0.2) is 72.3 Å². The van der Waals surface area contributed by atoms with Crippen molar-refractivity contribution < 1.29 is 28.9 Å². The van der Waals surface area contributed by atoms with Gasteiger partial charge in [-0.3, -0.25) is 9.59 Å². The maximum Gasteiger partial charge on any atom is 0.295 e. The highest BCUT2D eigenvalue weighted by molar-refractivity contribution is 6.46. The normalized spacial score (nSPS) is 16.7. The molecule has 0 radical (unpaired) electrons. The fourth-order valence-electron chi connectivity index (χ4n) is 4.81. The van der Waals surface area contributed by atoms with E-state index in [1.165, 1.54) is 4.90 Å². The second kappa shape index (κ2) is 11.4. The van der Waals surface area contributed by atoms with Crippen molar-refractivity contribution in [2.24, 2.45) is 0 Å². The van der Waals surface area contributed by atoms with Crippen LogP contribution < -0.4 is 14.2 Å². The Morgan fingerprint density at radius 2 is 1.63 bits per heavy atom. The van der Waals surface area contributed by atoms with Crippen LogP contribution in [0, 0.1) is 0 Å². The molecule has 0 aliphatic carbocycles. The molecule has 3 aromatic rings. The van der Waals surface area contributed by atoms with Crippen LogP contribution in [-0.2, 0) is 16.1 Å². The van der Waals surface area contributed by atoms with Crippen molar-refractivity contribution in [3.63, 3.8) is 0 Å². The van der Waals surface area contributed by atoms with Crippen molar-refractivity contribution in [1.82, 2.24) is 4.90 Å². The van der Waals surface area contributed by atoms with E-state index in [9.17, 15) is 14.7 Å². The van der Waals surface area contributed by atoms with E-state index in [0.717, 1.165) is 11.1 Å². The third-order valence-corrected chi connectivity index (χ3v) is 6.71. The Bertz CT molecular complexity index is 1360. The van der Waals surface area contributed by atoms with Crippen LogP contribution in [-0.4, -0.2) is 42.5 Å². The van der Waals surface area contributed by atoms with E-state index in [0.29, 0.717) is 35.0 Å². The number of likely N-dealkylation sites (tertiary alicyclic amines) is 1. The molecule has 0 spiro atoms. The fraction of sp³-hybridized carbons (Fsp3) is 0.290. The van der Waals surface area contributed by atoms with E-state index in [1.807, 2.05) is 63.2 Å². The number of nitrogens with zero attached hydrogens (tertiary/aromatic N) is 1. The third-order valence-electron chi connectivity index (χ3n) is 6.71. The molecule has 1 heterocycles. The molecule has 1 aliphatic rings. The lowest BCUT2D eigenvalue weighted by Gasteiger charge is -2.26. The molecule has 0 aromatic heterocycles. The van der Waals surface area contributed by atoms with E-state index in [4.69, 9.17) is 14.2 Å². The average molecular weight is 516 g/mol. The zero-order valence-corrected chi connectivity index (χ0v) is 22.4. The molecule has 1 fully saturated rings. The molecule has 198 valence electrons. The number of aliphatic hydroxyl groups is 1. The highest BCUT2D eigenvalue weighted by Crippen LogP contribution is 2.42. The Balaban J connectivity index is 1.87. The van der Waals surface area contributed by atoms with Gasteiger partial charge in [0.05, 0.1) is 39.0 Å². The number of hydrogen-bond acceptors (Lipinski definition) is 6. The van der Waals surface area contributed by atoms with Gasteiger partial charge in [-0.15, -0.1) is 0 Å². The summed E-state index contributed by atoms with van der Waals surface area (Å²) in [6, 6.07) is 19.1. The lowest BCUT2D eigenvalue weighted by atomic mass is 9.93. The van der Waals surface area contributed by atoms with Crippen LogP contribution in [0.4, 0.5) is 0 Å². The summed E-state index contributed by atoms with van der Waals surface area (Å²) < 4.78 is 16.6. The highest BCUT2D eigenvalue weighted by atomic mass is 16.5. The number of para-hydroxylation sites is 1. The molecule has 38 heavy (non-hydrogen) atoms. The van der Waals surface area contributed by atoms with Crippen molar-refractivity contribution in [1.29, 1.82) is 0 Å². The van der Waals surface area contributed by atoms with Gasteiger partial charge in [0.25, 0.3) is 11.7 Å². The molecular formula is C31H33NO6. The molecule has 1 aliphatic heterocycles. The van der Waals surface area contributed by atoms with Gasteiger partial charge < -0.3 is 24.2 Å². The number of carbonyl (C=O) groups is 2. The van der Waals surface area contributed by atoms with Gasteiger partial charge in [0.2, 0.25) is 0 Å². The minimum Gasteiger partial charge on any atom is -0.507 e. The zero-order valence-electron chi connectivity index (χ0n) is 22.4. The number of aliphatic hydroxyl groups excluding tert-OH is 1. The van der Waals surface area contributed by atoms with E-state index in [1.54, 1.807) is 38.5 Å². The Kier molecular flexibility index (Phi) is 8.05. The van der Waals surface area contributed by atoms with E-state index in [2.05, 4.69) is 0 Å². The predicted octanol–water partition coefficient (Wildman–Crippen LogP) is 5.85. The van der Waals surface area contributed by atoms with Crippen LogP contribution in [0.2, 0.25) is 0 Å². The number of hydrogen-bond donors (Lipinski definition) is 1. The van der Waals surface area contributed by atoms with E-state index < -0.39 is 17.7 Å². The summed E-state index contributed by atoms with van der Waals surface area (Å²) in [6.45, 7) is 6.59. The smallest absolute Gasteiger partial charge is 0.295 e. The van der Waals surface area contributed by atoms with Crippen molar-refractivity contribution in [3.8, 4) is 17.2 Å². The largest absolute Gasteiger partial charge is 0.507 e. The first-order valence-electron chi connectivity index (χ1n) is 12.6. The standard InChI is InChI=1S/C31H33NO6/c1-6-38-23-14-11-20(12-15-23)28-27(29(33)21-13-16-26(37-5)24(17-21)19(2)3)30(34)31(35)32(28)18-22-9-7-8-10-25(22)36-4/h7-17,19,28,33H,6,18H2,1-5H3/b29-27-. The Hall–Kier alpha value is -4.26. The summed E-state index contributed by atoms with van der Waals surface area (Å²) >= 11 is 0. The molecule has 1 N–H and O–H groups in total. The van der Waals surface area contributed by atoms with Crippen molar-refractivity contribution in [2.75, 3.05) is 20.8 Å². The summed E-state index contributed by atoms with van der Waals surface area (Å²) in [6.07, 6.45) is 0. The Morgan fingerprint density at radius 3 is 2.26 bits per heavy atom. The van der Waals surface area contributed by atoms with Crippen LogP contribution in [0.3, 0.4) is 0 Å². The summed E-state index contributed by atoms with van der Waals surface area (Å²) in [4.78, 5) is 28.4.